The van der Waals surface area contributed by atoms with Gasteiger partial charge in [-0.3, -0.25) is 9.59 Å². The fourth-order valence-electron chi connectivity index (χ4n) is 4.68. The molecule has 0 radical (unpaired) electrons. The van der Waals surface area contributed by atoms with E-state index in [1.54, 1.807) is 12.3 Å². The fraction of sp³-hybridized carbons (Fsp3) is 0.682. The molecule has 4 atom stereocenters. The van der Waals surface area contributed by atoms with Crippen LogP contribution in [0, 0.1) is 0 Å². The predicted molar refractivity (Wildman–Crippen MR) is 118 cm³/mol. The average molecular weight is 464 g/mol. The van der Waals surface area contributed by atoms with Gasteiger partial charge in [-0.1, -0.05) is 19.1 Å². The zero-order valence-corrected chi connectivity index (χ0v) is 19.3. The third-order valence-corrected chi connectivity index (χ3v) is 6.50. The van der Waals surface area contributed by atoms with E-state index in [4.69, 9.17) is 4.74 Å². The molecule has 1 saturated heterocycles. The van der Waals surface area contributed by atoms with Crippen molar-refractivity contribution in [1.29, 1.82) is 0 Å². The zero-order valence-electron chi connectivity index (χ0n) is 19.3. The van der Waals surface area contributed by atoms with E-state index in [2.05, 4.69) is 20.9 Å². The largest absolute Gasteiger partial charge is 0.480 e. The van der Waals surface area contributed by atoms with Crippen LogP contribution in [0.15, 0.2) is 17.8 Å². The third kappa shape index (κ3) is 5.59. The van der Waals surface area contributed by atoms with Crippen LogP contribution < -0.4 is 10.6 Å². The lowest BCUT2D eigenvalue weighted by molar-refractivity contribution is -0.144. The molecule has 182 valence electrons. The minimum Gasteiger partial charge on any atom is -0.480 e. The standard InChI is InChI=1S/C22H33N5O6/c1-4-16(5-2)33-18-10-14(20(29)30)9-17(19(18)24-13(3)28)27-12-15(25-26-27)11-22(21(31)32)7-6-8-23-22/h10,12,16-19,23H,4-9,11H2,1-3H3,(H,24,28)(H,29,30)(H,31,32)/t17-,18+,19+,22+/m0/s1. The van der Waals surface area contributed by atoms with E-state index in [-0.39, 0.29) is 30.4 Å². The molecule has 11 nitrogen and oxygen atoms in total. The first-order valence-electron chi connectivity index (χ1n) is 11.4. The van der Waals surface area contributed by atoms with Crippen LogP contribution in [0.5, 0.6) is 0 Å². The number of nitrogens with one attached hydrogen (secondary N) is 2. The normalized spacial score (nSPS) is 27.4. The van der Waals surface area contributed by atoms with Crippen LogP contribution >= 0.6 is 0 Å². The Morgan fingerprint density at radius 1 is 1.33 bits per heavy atom. The summed E-state index contributed by atoms with van der Waals surface area (Å²) in [5.74, 6) is -2.26. The van der Waals surface area contributed by atoms with Crippen molar-refractivity contribution in [3.8, 4) is 0 Å². The molecule has 33 heavy (non-hydrogen) atoms. The summed E-state index contributed by atoms with van der Waals surface area (Å²) in [5.41, 5.74) is -0.427. The van der Waals surface area contributed by atoms with Crippen LogP contribution in [-0.4, -0.2) is 73.4 Å². The number of aliphatic carboxylic acids is 2. The number of aromatic nitrogens is 3. The van der Waals surface area contributed by atoms with Crippen LogP contribution in [0.3, 0.4) is 0 Å². The molecule has 0 aromatic carbocycles. The molecule has 1 fully saturated rings. The number of hydrogen-bond donors (Lipinski definition) is 4. The first kappa shape index (κ1) is 24.8. The number of carbonyl (C=O) groups is 3. The second kappa shape index (κ2) is 10.4. The van der Waals surface area contributed by atoms with Gasteiger partial charge in [0.2, 0.25) is 5.91 Å². The van der Waals surface area contributed by atoms with Crippen molar-refractivity contribution in [2.24, 2.45) is 0 Å². The minimum atomic E-state index is -1.09. The highest BCUT2D eigenvalue weighted by Crippen LogP contribution is 2.32. The molecule has 2 heterocycles. The lowest BCUT2D eigenvalue weighted by Gasteiger charge is -2.37. The fourth-order valence-corrected chi connectivity index (χ4v) is 4.68. The molecule has 2 aliphatic rings. The summed E-state index contributed by atoms with van der Waals surface area (Å²) in [6.07, 6.45) is 5.49. The maximum atomic E-state index is 12.0. The third-order valence-electron chi connectivity index (χ3n) is 6.50. The van der Waals surface area contributed by atoms with Crippen molar-refractivity contribution in [1.82, 2.24) is 25.6 Å². The Hall–Kier alpha value is -2.79. The maximum absolute atomic E-state index is 12.0. The smallest absolute Gasteiger partial charge is 0.331 e. The molecule has 0 spiro atoms. The second-order valence-electron chi connectivity index (χ2n) is 8.82. The molecule has 1 aromatic heterocycles. The lowest BCUT2D eigenvalue weighted by Crippen LogP contribution is -2.52. The number of amides is 1. The van der Waals surface area contributed by atoms with E-state index in [1.165, 1.54) is 11.6 Å². The Labute approximate surface area is 192 Å². The van der Waals surface area contributed by atoms with Crippen LogP contribution in [-0.2, 0) is 25.5 Å². The van der Waals surface area contributed by atoms with E-state index < -0.39 is 35.7 Å². The Balaban J connectivity index is 1.92. The summed E-state index contributed by atoms with van der Waals surface area (Å²) < 4.78 is 7.72. The van der Waals surface area contributed by atoms with Crippen LogP contribution in [0.25, 0.3) is 0 Å². The molecule has 11 heteroatoms. The molecule has 1 aromatic rings. The van der Waals surface area contributed by atoms with Gasteiger partial charge in [0.1, 0.15) is 5.54 Å². The molecule has 0 bridgehead atoms. The van der Waals surface area contributed by atoms with Gasteiger partial charge in [-0.25, -0.2) is 9.48 Å². The summed E-state index contributed by atoms with van der Waals surface area (Å²) in [6.45, 7) is 6.00. The molecule has 4 N–H and O–H groups in total. The molecular formula is C22H33N5O6. The first-order valence-corrected chi connectivity index (χ1v) is 11.4. The van der Waals surface area contributed by atoms with Gasteiger partial charge in [-0.05, 0) is 38.3 Å². The molecule has 1 aliphatic heterocycles. The number of carbonyl (C=O) groups excluding carboxylic acids is 1. The first-order chi connectivity index (χ1) is 15.7. The van der Waals surface area contributed by atoms with Crippen molar-refractivity contribution >= 4 is 17.8 Å². The van der Waals surface area contributed by atoms with Crippen molar-refractivity contribution in [3.63, 3.8) is 0 Å². The van der Waals surface area contributed by atoms with Gasteiger partial charge in [0.25, 0.3) is 0 Å². The Bertz CT molecular complexity index is 903. The van der Waals surface area contributed by atoms with Gasteiger partial charge >= 0.3 is 11.9 Å². The van der Waals surface area contributed by atoms with E-state index >= 15 is 0 Å². The molecule has 1 amide bonds. The number of carboxylic acid groups (broad SMARTS) is 2. The summed E-state index contributed by atoms with van der Waals surface area (Å²) in [6, 6.07) is -1.11. The number of ether oxygens (including phenoxy) is 1. The Kier molecular flexibility index (Phi) is 7.85. The summed E-state index contributed by atoms with van der Waals surface area (Å²) in [5, 5.41) is 33.8. The van der Waals surface area contributed by atoms with E-state index in [9.17, 15) is 24.6 Å². The van der Waals surface area contributed by atoms with Crippen LogP contribution in [0.4, 0.5) is 0 Å². The van der Waals surface area contributed by atoms with Gasteiger partial charge < -0.3 is 25.6 Å². The molecule has 1 aliphatic carbocycles. The summed E-state index contributed by atoms with van der Waals surface area (Å²) in [7, 11) is 0. The molecule has 0 saturated carbocycles. The Morgan fingerprint density at radius 3 is 2.61 bits per heavy atom. The molecule has 0 unspecified atom stereocenters. The number of hydrogen-bond acceptors (Lipinski definition) is 7. The second-order valence-corrected chi connectivity index (χ2v) is 8.82. The molecular weight excluding hydrogens is 430 g/mol. The van der Waals surface area contributed by atoms with E-state index in [1.807, 2.05) is 13.8 Å². The van der Waals surface area contributed by atoms with Gasteiger partial charge in [-0.2, -0.15) is 0 Å². The minimum absolute atomic E-state index is 0.0912. The zero-order chi connectivity index (χ0) is 24.2. The monoisotopic (exact) mass is 463 g/mol. The summed E-state index contributed by atoms with van der Waals surface area (Å²) in [4.78, 5) is 35.7. The van der Waals surface area contributed by atoms with E-state index in [0.29, 0.717) is 18.7 Å². The van der Waals surface area contributed by atoms with E-state index in [0.717, 1.165) is 19.3 Å². The summed E-state index contributed by atoms with van der Waals surface area (Å²) >= 11 is 0. The highest BCUT2D eigenvalue weighted by molar-refractivity contribution is 5.87. The highest BCUT2D eigenvalue weighted by atomic mass is 16.5. The van der Waals surface area contributed by atoms with Gasteiger partial charge in [0, 0.05) is 31.5 Å². The predicted octanol–water partition coefficient (Wildman–Crippen LogP) is 1.06. The van der Waals surface area contributed by atoms with Crippen molar-refractivity contribution in [3.05, 3.63) is 23.5 Å². The lowest BCUT2D eigenvalue weighted by atomic mass is 9.87. The van der Waals surface area contributed by atoms with Crippen molar-refractivity contribution < 1.29 is 29.3 Å². The van der Waals surface area contributed by atoms with Gasteiger partial charge in [-0.15, -0.1) is 5.10 Å². The SMILES string of the molecule is CCC(CC)O[C@@H]1C=C(C(=O)O)C[C@H](n2cc(C[C@@]3(C(=O)O)CCCN3)nn2)[C@H]1NC(C)=O. The number of carboxylic acids is 2. The maximum Gasteiger partial charge on any atom is 0.331 e. The number of rotatable bonds is 10. The molecule has 3 rings (SSSR count). The van der Waals surface area contributed by atoms with Crippen LogP contribution in [0.1, 0.15) is 64.6 Å². The highest BCUT2D eigenvalue weighted by Gasteiger charge is 2.43. The topological polar surface area (TPSA) is 156 Å². The van der Waals surface area contributed by atoms with Crippen molar-refractivity contribution in [2.75, 3.05) is 6.54 Å². The number of nitrogens with zero attached hydrogens (tertiary/aromatic N) is 3. The van der Waals surface area contributed by atoms with Gasteiger partial charge in [0.15, 0.2) is 0 Å². The average Bonchev–Trinajstić information content (AvgIpc) is 3.43. The van der Waals surface area contributed by atoms with Crippen molar-refractivity contribution in [2.45, 2.75) is 89.1 Å². The van der Waals surface area contributed by atoms with Crippen LogP contribution in [0.2, 0.25) is 0 Å². The quantitative estimate of drug-likeness (QED) is 0.398. The van der Waals surface area contributed by atoms with Gasteiger partial charge in [0.05, 0.1) is 30.0 Å². The Morgan fingerprint density at radius 2 is 2.06 bits per heavy atom.